The highest BCUT2D eigenvalue weighted by Crippen LogP contribution is 2.20. The Kier molecular flexibility index (Phi) is 5.81. The molecule has 1 aromatic heterocycles. The van der Waals surface area contributed by atoms with Crippen molar-refractivity contribution in [3.05, 3.63) is 26.9 Å². The lowest BCUT2D eigenvalue weighted by Crippen LogP contribution is -2.30. The summed E-state index contributed by atoms with van der Waals surface area (Å²) < 4.78 is 2.07. The van der Waals surface area contributed by atoms with Gasteiger partial charge in [-0.25, -0.2) is 0 Å². The molecule has 0 aromatic carbocycles. The molecule has 0 bridgehead atoms. The molecule has 19 heavy (non-hydrogen) atoms. The smallest absolute Gasteiger partial charge is 0.0684 e. The first-order valence-corrected chi connectivity index (χ1v) is 8.39. The summed E-state index contributed by atoms with van der Waals surface area (Å²) in [6.07, 6.45) is 3.15. The van der Waals surface area contributed by atoms with Gasteiger partial charge in [0.05, 0.1) is 5.69 Å². The zero-order chi connectivity index (χ0) is 13.8. The normalized spacial score (nSPS) is 20.4. The van der Waals surface area contributed by atoms with Crippen molar-refractivity contribution in [3.63, 3.8) is 0 Å². The number of hydrogen-bond acceptors (Lipinski definition) is 3. The van der Waals surface area contributed by atoms with Crippen LogP contribution in [-0.4, -0.2) is 35.6 Å². The van der Waals surface area contributed by atoms with Crippen LogP contribution in [0.1, 0.15) is 26.0 Å². The van der Waals surface area contributed by atoms with Crippen LogP contribution in [-0.2, 0) is 6.54 Å². The second-order valence-corrected chi connectivity index (χ2v) is 7.23. The molecule has 0 radical (unpaired) electrons. The SMILES string of the molecule is CC(C)N1CCC(CNCc2ncc(Br)cc2Br)C1. The van der Waals surface area contributed by atoms with Crippen LogP contribution in [0, 0.1) is 5.92 Å². The minimum Gasteiger partial charge on any atom is -0.311 e. The number of nitrogens with one attached hydrogen (secondary N) is 1. The minimum atomic E-state index is 0.673. The Hall–Kier alpha value is 0.0300. The van der Waals surface area contributed by atoms with Gasteiger partial charge in [-0.1, -0.05) is 0 Å². The molecule has 1 atom stereocenters. The molecule has 3 nitrogen and oxygen atoms in total. The molecule has 106 valence electrons. The van der Waals surface area contributed by atoms with Gasteiger partial charge in [0, 0.05) is 34.3 Å². The van der Waals surface area contributed by atoms with Crippen molar-refractivity contribution in [2.24, 2.45) is 5.92 Å². The molecule has 0 aliphatic carbocycles. The maximum atomic E-state index is 4.42. The van der Waals surface area contributed by atoms with Crippen LogP contribution in [0.25, 0.3) is 0 Å². The van der Waals surface area contributed by atoms with Crippen molar-refractivity contribution >= 4 is 31.9 Å². The Labute approximate surface area is 132 Å². The van der Waals surface area contributed by atoms with E-state index in [9.17, 15) is 0 Å². The average Bonchev–Trinajstić information content (AvgIpc) is 2.81. The molecule has 1 N–H and O–H groups in total. The quantitative estimate of drug-likeness (QED) is 0.834. The van der Waals surface area contributed by atoms with E-state index in [-0.39, 0.29) is 0 Å². The summed E-state index contributed by atoms with van der Waals surface area (Å²) in [5, 5.41) is 3.53. The van der Waals surface area contributed by atoms with E-state index in [0.29, 0.717) is 6.04 Å². The van der Waals surface area contributed by atoms with Crippen LogP contribution in [0.3, 0.4) is 0 Å². The third kappa shape index (κ3) is 4.52. The van der Waals surface area contributed by atoms with E-state index in [1.54, 1.807) is 0 Å². The molecule has 2 heterocycles. The number of hydrogen-bond donors (Lipinski definition) is 1. The van der Waals surface area contributed by atoms with E-state index in [1.165, 1.54) is 19.5 Å². The minimum absolute atomic E-state index is 0.673. The Morgan fingerprint density at radius 3 is 2.89 bits per heavy atom. The van der Waals surface area contributed by atoms with Gasteiger partial charge in [-0.05, 0) is 77.2 Å². The Balaban J connectivity index is 1.75. The number of pyridine rings is 1. The van der Waals surface area contributed by atoms with Gasteiger partial charge in [0.25, 0.3) is 0 Å². The summed E-state index contributed by atoms with van der Waals surface area (Å²) >= 11 is 6.97. The predicted molar refractivity (Wildman–Crippen MR) is 86.2 cm³/mol. The largest absolute Gasteiger partial charge is 0.311 e. The van der Waals surface area contributed by atoms with Crippen LogP contribution < -0.4 is 5.32 Å². The summed E-state index contributed by atoms with van der Waals surface area (Å²) in [4.78, 5) is 6.97. The van der Waals surface area contributed by atoms with E-state index in [2.05, 4.69) is 60.9 Å². The van der Waals surface area contributed by atoms with Gasteiger partial charge in [0.2, 0.25) is 0 Å². The zero-order valence-corrected chi connectivity index (χ0v) is 14.7. The van der Waals surface area contributed by atoms with Crippen LogP contribution >= 0.6 is 31.9 Å². The summed E-state index contributed by atoms with van der Waals surface area (Å²) in [6.45, 7) is 8.92. The lowest BCUT2D eigenvalue weighted by atomic mass is 10.1. The van der Waals surface area contributed by atoms with Crippen molar-refractivity contribution in [1.29, 1.82) is 0 Å². The van der Waals surface area contributed by atoms with E-state index < -0.39 is 0 Å². The predicted octanol–water partition coefficient (Wildman–Crippen LogP) is 3.43. The molecule has 0 spiro atoms. The lowest BCUT2D eigenvalue weighted by Gasteiger charge is -2.20. The maximum Gasteiger partial charge on any atom is 0.0684 e. The zero-order valence-electron chi connectivity index (χ0n) is 11.5. The van der Waals surface area contributed by atoms with Gasteiger partial charge < -0.3 is 10.2 Å². The second kappa shape index (κ2) is 7.16. The second-order valence-electron chi connectivity index (χ2n) is 5.46. The van der Waals surface area contributed by atoms with E-state index in [0.717, 1.165) is 33.6 Å². The monoisotopic (exact) mass is 389 g/mol. The van der Waals surface area contributed by atoms with Gasteiger partial charge in [0.15, 0.2) is 0 Å². The average molecular weight is 391 g/mol. The molecule has 1 aliphatic heterocycles. The molecule has 1 unspecified atom stereocenters. The fourth-order valence-electron chi connectivity index (χ4n) is 2.47. The van der Waals surface area contributed by atoms with Gasteiger partial charge in [-0.3, -0.25) is 4.98 Å². The Morgan fingerprint density at radius 2 is 2.26 bits per heavy atom. The highest BCUT2D eigenvalue weighted by atomic mass is 79.9. The molecule has 0 amide bonds. The third-order valence-corrected chi connectivity index (χ3v) is 4.78. The number of rotatable bonds is 5. The van der Waals surface area contributed by atoms with E-state index >= 15 is 0 Å². The third-order valence-electron chi connectivity index (χ3n) is 3.66. The lowest BCUT2D eigenvalue weighted by molar-refractivity contribution is 0.264. The summed E-state index contributed by atoms with van der Waals surface area (Å²) in [5.41, 5.74) is 1.07. The van der Waals surface area contributed by atoms with Crippen LogP contribution in [0.5, 0.6) is 0 Å². The van der Waals surface area contributed by atoms with Gasteiger partial charge >= 0.3 is 0 Å². The van der Waals surface area contributed by atoms with Crippen LogP contribution in [0.15, 0.2) is 21.2 Å². The topological polar surface area (TPSA) is 28.2 Å². The molecule has 1 aromatic rings. The van der Waals surface area contributed by atoms with Crippen LogP contribution in [0.4, 0.5) is 0 Å². The first-order chi connectivity index (χ1) is 9.06. The number of aromatic nitrogens is 1. The highest BCUT2D eigenvalue weighted by molar-refractivity contribution is 9.11. The van der Waals surface area contributed by atoms with Crippen molar-refractivity contribution in [2.45, 2.75) is 32.9 Å². The number of halogens is 2. The van der Waals surface area contributed by atoms with Gasteiger partial charge in [0.1, 0.15) is 0 Å². The fourth-order valence-corrected chi connectivity index (χ4v) is 3.59. The number of likely N-dealkylation sites (tertiary alicyclic amines) is 1. The van der Waals surface area contributed by atoms with E-state index in [1.807, 2.05) is 12.3 Å². The van der Waals surface area contributed by atoms with Gasteiger partial charge in [-0.15, -0.1) is 0 Å². The summed E-state index contributed by atoms with van der Waals surface area (Å²) in [7, 11) is 0. The Bertz CT molecular complexity index is 423. The highest BCUT2D eigenvalue weighted by Gasteiger charge is 2.23. The summed E-state index contributed by atoms with van der Waals surface area (Å²) in [6, 6.07) is 2.72. The molecular formula is C14H21Br2N3. The molecule has 1 fully saturated rings. The van der Waals surface area contributed by atoms with Crippen LogP contribution in [0.2, 0.25) is 0 Å². The molecular weight excluding hydrogens is 370 g/mol. The van der Waals surface area contributed by atoms with Crippen molar-refractivity contribution < 1.29 is 0 Å². The summed E-state index contributed by atoms with van der Waals surface area (Å²) in [5.74, 6) is 0.775. The first-order valence-electron chi connectivity index (χ1n) is 6.81. The molecule has 5 heteroatoms. The molecule has 1 aliphatic rings. The molecule has 2 rings (SSSR count). The number of nitrogens with zero attached hydrogens (tertiary/aromatic N) is 2. The van der Waals surface area contributed by atoms with Gasteiger partial charge in [-0.2, -0.15) is 0 Å². The molecule has 1 saturated heterocycles. The Morgan fingerprint density at radius 1 is 1.47 bits per heavy atom. The standard InChI is InChI=1S/C14H21Br2N3/c1-10(2)19-4-3-11(9-19)6-17-8-14-13(16)5-12(15)7-18-14/h5,7,10-11,17H,3-4,6,8-9H2,1-2H3. The van der Waals surface area contributed by atoms with Crippen molar-refractivity contribution in [1.82, 2.24) is 15.2 Å². The van der Waals surface area contributed by atoms with E-state index in [4.69, 9.17) is 0 Å². The van der Waals surface area contributed by atoms with Crippen molar-refractivity contribution in [2.75, 3.05) is 19.6 Å². The maximum absolute atomic E-state index is 4.42. The molecule has 0 saturated carbocycles. The van der Waals surface area contributed by atoms with Crippen molar-refractivity contribution in [3.8, 4) is 0 Å². The first kappa shape index (κ1) is 15.4. The fraction of sp³-hybridized carbons (Fsp3) is 0.643.